The lowest BCUT2D eigenvalue weighted by Gasteiger charge is -2.58. The number of ether oxygens (including phenoxy) is 1. The van der Waals surface area contributed by atoms with Gasteiger partial charge in [0.15, 0.2) is 0 Å². The normalized spacial score (nSPS) is 17.6. The van der Waals surface area contributed by atoms with E-state index in [4.69, 9.17) is 9.84 Å². The molecule has 10 heteroatoms. The number of likely N-dealkylation sites (tertiary alicyclic amines) is 1. The molecule has 2 fully saturated rings. The number of pyridine rings is 1. The van der Waals surface area contributed by atoms with Crippen LogP contribution in [0.25, 0.3) is 22.2 Å². The summed E-state index contributed by atoms with van der Waals surface area (Å²) in [6, 6.07) is 8.28. The second-order valence-corrected chi connectivity index (χ2v) is 8.47. The fraction of sp³-hybridized carbons (Fsp3) is 0.333. The number of hydrogen-bond donors (Lipinski definition) is 2. The fourth-order valence-corrected chi connectivity index (χ4v) is 4.94. The Balaban J connectivity index is 1.26. The SMILES string of the molecule is COc1nc(NC2CC3(C2)CN(C(=O)O)C3)nn2ccc(-c3ccn4nccc4c3)c12. The molecule has 1 aliphatic heterocycles. The molecule has 0 atom stereocenters. The smallest absolute Gasteiger partial charge is 0.407 e. The first-order chi connectivity index (χ1) is 15.0. The van der Waals surface area contributed by atoms with Crippen LogP contribution in [0.1, 0.15) is 12.8 Å². The Morgan fingerprint density at radius 2 is 2.03 bits per heavy atom. The molecule has 1 amide bonds. The first-order valence-electron chi connectivity index (χ1n) is 10.2. The number of nitrogens with one attached hydrogen (secondary N) is 1. The van der Waals surface area contributed by atoms with Gasteiger partial charge in [0.1, 0.15) is 5.52 Å². The summed E-state index contributed by atoms with van der Waals surface area (Å²) >= 11 is 0. The molecule has 31 heavy (non-hydrogen) atoms. The number of fused-ring (bicyclic) bond motifs is 2. The topological polar surface area (TPSA) is 109 Å². The number of methoxy groups -OCH3 is 1. The van der Waals surface area contributed by atoms with Gasteiger partial charge < -0.3 is 20.1 Å². The van der Waals surface area contributed by atoms with Crippen LogP contribution in [-0.4, -0.2) is 66.6 Å². The molecule has 4 aromatic rings. The Hall–Kier alpha value is -3.82. The highest BCUT2D eigenvalue weighted by atomic mass is 16.5. The quantitative estimate of drug-likeness (QED) is 0.523. The van der Waals surface area contributed by atoms with E-state index in [1.807, 2.05) is 35.1 Å². The van der Waals surface area contributed by atoms with E-state index in [-0.39, 0.29) is 11.5 Å². The van der Waals surface area contributed by atoms with Gasteiger partial charge in [0, 0.05) is 48.7 Å². The third-order valence-electron chi connectivity index (χ3n) is 6.40. The zero-order valence-electron chi connectivity index (χ0n) is 16.9. The first kappa shape index (κ1) is 18.0. The van der Waals surface area contributed by atoms with Crippen molar-refractivity contribution in [3.63, 3.8) is 0 Å². The van der Waals surface area contributed by atoms with E-state index < -0.39 is 6.09 Å². The van der Waals surface area contributed by atoms with Crippen LogP contribution in [0.15, 0.2) is 42.9 Å². The van der Waals surface area contributed by atoms with Crippen molar-refractivity contribution in [2.75, 3.05) is 25.5 Å². The predicted octanol–water partition coefficient (Wildman–Crippen LogP) is 2.61. The van der Waals surface area contributed by atoms with E-state index in [2.05, 4.69) is 26.6 Å². The number of amides is 1. The highest BCUT2D eigenvalue weighted by molar-refractivity contribution is 5.85. The van der Waals surface area contributed by atoms with E-state index >= 15 is 0 Å². The third-order valence-corrected chi connectivity index (χ3v) is 6.40. The van der Waals surface area contributed by atoms with Gasteiger partial charge in [0.2, 0.25) is 11.8 Å². The summed E-state index contributed by atoms with van der Waals surface area (Å²) in [5.41, 5.74) is 3.95. The summed E-state index contributed by atoms with van der Waals surface area (Å²) in [7, 11) is 1.61. The first-order valence-corrected chi connectivity index (χ1v) is 10.2. The van der Waals surface area contributed by atoms with E-state index in [1.165, 1.54) is 4.90 Å². The van der Waals surface area contributed by atoms with Crippen molar-refractivity contribution in [3.8, 4) is 17.0 Å². The van der Waals surface area contributed by atoms with Gasteiger partial charge in [-0.15, -0.1) is 5.10 Å². The van der Waals surface area contributed by atoms with Crippen LogP contribution in [0, 0.1) is 5.41 Å². The molecule has 0 aromatic carbocycles. The lowest BCUT2D eigenvalue weighted by Crippen LogP contribution is -2.66. The van der Waals surface area contributed by atoms with Crippen LogP contribution in [0.3, 0.4) is 0 Å². The van der Waals surface area contributed by atoms with Crippen LogP contribution >= 0.6 is 0 Å². The minimum absolute atomic E-state index is 0.122. The van der Waals surface area contributed by atoms with Gasteiger partial charge in [-0.3, -0.25) is 0 Å². The molecule has 0 radical (unpaired) electrons. The number of aromatic nitrogens is 5. The molecule has 0 bridgehead atoms. The van der Waals surface area contributed by atoms with Crippen molar-refractivity contribution >= 4 is 23.1 Å². The molecule has 1 spiro atoms. The Morgan fingerprint density at radius 3 is 2.81 bits per heavy atom. The number of rotatable bonds is 4. The van der Waals surface area contributed by atoms with Gasteiger partial charge in [0.05, 0.1) is 12.6 Å². The van der Waals surface area contributed by atoms with Crippen molar-refractivity contribution in [2.24, 2.45) is 5.41 Å². The summed E-state index contributed by atoms with van der Waals surface area (Å²) < 4.78 is 9.21. The second-order valence-electron chi connectivity index (χ2n) is 8.47. The summed E-state index contributed by atoms with van der Waals surface area (Å²) in [5, 5.41) is 21.3. The molecular formula is C21H21N7O3. The van der Waals surface area contributed by atoms with Crippen LogP contribution in [0.5, 0.6) is 5.88 Å². The van der Waals surface area contributed by atoms with Gasteiger partial charge in [-0.05, 0) is 42.7 Å². The predicted molar refractivity (Wildman–Crippen MR) is 112 cm³/mol. The molecule has 0 unspecified atom stereocenters. The monoisotopic (exact) mass is 419 g/mol. The molecule has 4 aromatic heterocycles. The fourth-order valence-electron chi connectivity index (χ4n) is 4.94. The van der Waals surface area contributed by atoms with Crippen LogP contribution in [-0.2, 0) is 0 Å². The van der Waals surface area contributed by atoms with Gasteiger partial charge in [-0.1, -0.05) is 0 Å². The van der Waals surface area contributed by atoms with E-state index in [9.17, 15) is 4.79 Å². The number of carboxylic acid groups (broad SMARTS) is 1. The average molecular weight is 419 g/mol. The van der Waals surface area contributed by atoms with Crippen molar-refractivity contribution < 1.29 is 14.6 Å². The highest BCUT2D eigenvalue weighted by Gasteiger charge is 2.54. The number of anilines is 1. The lowest BCUT2D eigenvalue weighted by atomic mass is 9.61. The molecule has 1 saturated carbocycles. The molecule has 1 aliphatic carbocycles. The molecule has 2 N–H and O–H groups in total. The standard InChI is InChI=1S/C21H21N7O3/c1-31-18-17-16(13-3-6-27-15(8-13)2-5-22-27)4-7-28(17)25-19(24-18)23-14-9-21(10-14)11-26(12-21)20(29)30/h2-8,14H,9-12H2,1H3,(H,23,25)(H,29,30). The van der Waals surface area contributed by atoms with E-state index in [0.717, 1.165) is 35.0 Å². The molecule has 158 valence electrons. The minimum Gasteiger partial charge on any atom is -0.479 e. The van der Waals surface area contributed by atoms with E-state index in [1.54, 1.807) is 17.8 Å². The van der Waals surface area contributed by atoms with Crippen molar-refractivity contribution in [2.45, 2.75) is 18.9 Å². The maximum Gasteiger partial charge on any atom is 0.407 e. The lowest BCUT2D eigenvalue weighted by molar-refractivity contribution is -0.0520. The number of hydrogen-bond acceptors (Lipinski definition) is 6. The molecule has 1 saturated heterocycles. The molecular weight excluding hydrogens is 398 g/mol. The summed E-state index contributed by atoms with van der Waals surface area (Å²) in [5.74, 6) is 1.01. The van der Waals surface area contributed by atoms with Gasteiger partial charge in [-0.2, -0.15) is 10.1 Å². The maximum absolute atomic E-state index is 11.0. The Kier molecular flexibility index (Phi) is 3.68. The number of nitrogens with zero attached hydrogens (tertiary/aromatic N) is 6. The van der Waals surface area contributed by atoms with Crippen LogP contribution < -0.4 is 10.1 Å². The van der Waals surface area contributed by atoms with E-state index in [0.29, 0.717) is 24.9 Å². The van der Waals surface area contributed by atoms with Crippen LogP contribution in [0.4, 0.5) is 10.7 Å². The summed E-state index contributed by atoms with van der Waals surface area (Å²) in [6.07, 6.45) is 6.60. The molecule has 6 rings (SSSR count). The van der Waals surface area contributed by atoms with Gasteiger partial charge in [0.25, 0.3) is 0 Å². The minimum atomic E-state index is -0.837. The summed E-state index contributed by atoms with van der Waals surface area (Å²) in [6.45, 7) is 1.23. The van der Waals surface area contributed by atoms with Gasteiger partial charge in [-0.25, -0.2) is 13.8 Å². The van der Waals surface area contributed by atoms with Gasteiger partial charge >= 0.3 is 6.09 Å². The largest absolute Gasteiger partial charge is 0.479 e. The molecule has 2 aliphatic rings. The zero-order valence-corrected chi connectivity index (χ0v) is 16.9. The average Bonchev–Trinajstić information content (AvgIpc) is 3.33. The third kappa shape index (κ3) is 2.78. The Morgan fingerprint density at radius 1 is 1.23 bits per heavy atom. The number of carbonyl (C=O) groups is 1. The van der Waals surface area contributed by atoms with Crippen LogP contribution in [0.2, 0.25) is 0 Å². The Bertz CT molecular complexity index is 1310. The second kappa shape index (κ2) is 6.34. The molecule has 10 nitrogen and oxygen atoms in total. The maximum atomic E-state index is 11.0. The van der Waals surface area contributed by atoms with Crippen molar-refractivity contribution in [1.29, 1.82) is 0 Å². The van der Waals surface area contributed by atoms with Crippen molar-refractivity contribution in [1.82, 2.24) is 29.1 Å². The van der Waals surface area contributed by atoms with Crippen molar-refractivity contribution in [3.05, 3.63) is 42.9 Å². The zero-order chi connectivity index (χ0) is 21.2. The molecule has 5 heterocycles. The highest BCUT2D eigenvalue weighted by Crippen LogP contribution is 2.49. The Labute approximate surface area is 177 Å². The summed E-state index contributed by atoms with van der Waals surface area (Å²) in [4.78, 5) is 17.1.